The highest BCUT2D eigenvalue weighted by Crippen LogP contribution is 2.32. The first-order valence-corrected chi connectivity index (χ1v) is 9.30. The zero-order valence-corrected chi connectivity index (χ0v) is 14.9. The van der Waals surface area contributed by atoms with Gasteiger partial charge in [-0.25, -0.2) is 4.98 Å². The number of alkyl halides is 1. The quantitative estimate of drug-likeness (QED) is 0.426. The van der Waals surface area contributed by atoms with Gasteiger partial charge in [-0.2, -0.15) is 0 Å². The second kappa shape index (κ2) is 6.84. The smallest absolute Gasteiger partial charge is 0.195 e. The fraction of sp³-hybridized carbons (Fsp3) is 0.250. The molecule has 25 heavy (non-hydrogen) atoms. The Labute approximate surface area is 149 Å². The summed E-state index contributed by atoms with van der Waals surface area (Å²) in [6.07, 6.45) is 3.55. The highest BCUT2D eigenvalue weighted by Gasteiger charge is 2.11. The standard InChI is InChI=1S/C20H19FN2OS/c1-2-14-4-6-15(7-5-14)17-13-23-18-9-8-16(24-11-3-10-21)12-19(18)25-20(23)22-17/h4-9,12-13H,2-3,10-11H2,1H3. The Kier molecular flexibility index (Phi) is 4.40. The third-order valence-corrected chi connectivity index (χ3v) is 5.29. The van der Waals surface area contributed by atoms with Crippen LogP contribution in [0.5, 0.6) is 5.75 Å². The van der Waals surface area contributed by atoms with E-state index in [-0.39, 0.29) is 6.67 Å². The number of aryl methyl sites for hydroxylation is 1. The number of imidazole rings is 1. The predicted octanol–water partition coefficient (Wildman–Crippen LogP) is 5.52. The minimum atomic E-state index is -0.350. The molecule has 0 aliphatic heterocycles. The molecule has 0 spiro atoms. The van der Waals surface area contributed by atoms with Crippen molar-refractivity contribution in [2.45, 2.75) is 19.8 Å². The van der Waals surface area contributed by atoms with Crippen LogP contribution in [0, 0.1) is 0 Å². The number of thiazole rings is 1. The SMILES string of the molecule is CCc1ccc(-c2cn3c(n2)sc2cc(OCCCF)ccc23)cc1. The molecule has 2 aromatic carbocycles. The lowest BCUT2D eigenvalue weighted by atomic mass is 10.1. The molecule has 0 aliphatic rings. The Morgan fingerprint density at radius 1 is 1.16 bits per heavy atom. The molecule has 3 nitrogen and oxygen atoms in total. The average Bonchev–Trinajstić information content (AvgIpc) is 3.19. The Hall–Kier alpha value is -2.40. The third kappa shape index (κ3) is 3.12. The molecule has 0 saturated carbocycles. The zero-order chi connectivity index (χ0) is 17.2. The molecule has 0 amide bonds. The summed E-state index contributed by atoms with van der Waals surface area (Å²) >= 11 is 1.64. The molecule has 128 valence electrons. The van der Waals surface area contributed by atoms with E-state index in [9.17, 15) is 4.39 Å². The van der Waals surface area contributed by atoms with Gasteiger partial charge in [0, 0.05) is 18.2 Å². The van der Waals surface area contributed by atoms with E-state index in [2.05, 4.69) is 41.8 Å². The minimum Gasteiger partial charge on any atom is -0.493 e. The molecule has 5 heteroatoms. The molecule has 2 aromatic heterocycles. The van der Waals surface area contributed by atoms with E-state index in [0.717, 1.165) is 38.6 Å². The summed E-state index contributed by atoms with van der Waals surface area (Å²) in [7, 11) is 0. The molecule has 2 heterocycles. The number of halogens is 1. The lowest BCUT2D eigenvalue weighted by Gasteiger charge is -2.04. The van der Waals surface area contributed by atoms with Crippen molar-refractivity contribution in [2.24, 2.45) is 0 Å². The van der Waals surface area contributed by atoms with E-state index < -0.39 is 0 Å². The summed E-state index contributed by atoms with van der Waals surface area (Å²) in [5.41, 5.74) is 4.56. The third-order valence-electron chi connectivity index (χ3n) is 4.27. The maximum absolute atomic E-state index is 12.2. The van der Waals surface area contributed by atoms with Crippen molar-refractivity contribution in [3.8, 4) is 17.0 Å². The number of hydrogen-bond acceptors (Lipinski definition) is 3. The molecule has 0 aliphatic carbocycles. The lowest BCUT2D eigenvalue weighted by Crippen LogP contribution is -1.97. The molecule has 4 rings (SSSR count). The van der Waals surface area contributed by atoms with Gasteiger partial charge in [0.2, 0.25) is 0 Å². The number of aromatic nitrogens is 2. The second-order valence-corrected chi connectivity index (χ2v) is 6.96. The summed E-state index contributed by atoms with van der Waals surface area (Å²) in [5, 5.41) is 0. The summed E-state index contributed by atoms with van der Waals surface area (Å²) in [6, 6.07) is 14.5. The van der Waals surface area contributed by atoms with E-state index in [1.54, 1.807) is 11.3 Å². The maximum Gasteiger partial charge on any atom is 0.195 e. The highest BCUT2D eigenvalue weighted by molar-refractivity contribution is 7.23. The van der Waals surface area contributed by atoms with Crippen molar-refractivity contribution in [1.29, 1.82) is 0 Å². The molecular formula is C20H19FN2OS. The van der Waals surface area contributed by atoms with Crippen LogP contribution < -0.4 is 4.74 Å². The van der Waals surface area contributed by atoms with Gasteiger partial charge in [0.15, 0.2) is 4.96 Å². The normalized spacial score (nSPS) is 11.4. The molecular weight excluding hydrogens is 335 g/mol. The van der Waals surface area contributed by atoms with Gasteiger partial charge in [0.1, 0.15) is 5.75 Å². The highest BCUT2D eigenvalue weighted by atomic mass is 32.1. The minimum absolute atomic E-state index is 0.350. The first kappa shape index (κ1) is 16.1. The molecule has 0 radical (unpaired) electrons. The Bertz CT molecular complexity index is 1000. The summed E-state index contributed by atoms with van der Waals surface area (Å²) in [5.74, 6) is 0.779. The van der Waals surface area contributed by atoms with Crippen molar-refractivity contribution in [3.63, 3.8) is 0 Å². The van der Waals surface area contributed by atoms with Crippen molar-refractivity contribution in [2.75, 3.05) is 13.3 Å². The maximum atomic E-state index is 12.2. The van der Waals surface area contributed by atoms with Crippen LogP contribution in [0.4, 0.5) is 4.39 Å². The van der Waals surface area contributed by atoms with Gasteiger partial charge >= 0.3 is 0 Å². The van der Waals surface area contributed by atoms with E-state index in [1.165, 1.54) is 5.56 Å². The van der Waals surface area contributed by atoms with Crippen LogP contribution in [0.3, 0.4) is 0 Å². The van der Waals surface area contributed by atoms with Gasteiger partial charge in [-0.15, -0.1) is 0 Å². The number of rotatable bonds is 6. The zero-order valence-electron chi connectivity index (χ0n) is 14.0. The second-order valence-electron chi connectivity index (χ2n) is 5.95. The number of ether oxygens (including phenoxy) is 1. The summed E-state index contributed by atoms with van der Waals surface area (Å²) < 4.78 is 21.0. The van der Waals surface area contributed by atoms with Gasteiger partial charge in [-0.1, -0.05) is 42.5 Å². The lowest BCUT2D eigenvalue weighted by molar-refractivity contribution is 0.290. The van der Waals surface area contributed by atoms with Gasteiger partial charge in [-0.05, 0) is 30.2 Å². The van der Waals surface area contributed by atoms with E-state index in [0.29, 0.717) is 13.0 Å². The van der Waals surface area contributed by atoms with Gasteiger partial charge in [-0.3, -0.25) is 8.79 Å². The van der Waals surface area contributed by atoms with Crippen molar-refractivity contribution < 1.29 is 9.13 Å². The Balaban J connectivity index is 1.66. The van der Waals surface area contributed by atoms with Crippen molar-refractivity contribution >= 4 is 26.5 Å². The van der Waals surface area contributed by atoms with Crippen LogP contribution in [-0.2, 0) is 6.42 Å². The Morgan fingerprint density at radius 2 is 2.00 bits per heavy atom. The fourth-order valence-electron chi connectivity index (χ4n) is 2.87. The van der Waals surface area contributed by atoms with Crippen LogP contribution in [0.1, 0.15) is 18.9 Å². The molecule has 4 aromatic rings. The average molecular weight is 354 g/mol. The van der Waals surface area contributed by atoms with E-state index in [1.807, 2.05) is 18.2 Å². The van der Waals surface area contributed by atoms with Gasteiger partial charge in [0.25, 0.3) is 0 Å². The van der Waals surface area contributed by atoms with Crippen LogP contribution >= 0.6 is 11.3 Å². The predicted molar refractivity (Wildman–Crippen MR) is 101 cm³/mol. The largest absolute Gasteiger partial charge is 0.493 e. The van der Waals surface area contributed by atoms with Crippen molar-refractivity contribution in [1.82, 2.24) is 9.38 Å². The monoisotopic (exact) mass is 354 g/mol. The summed E-state index contributed by atoms with van der Waals surface area (Å²) in [4.78, 5) is 5.74. The number of hydrogen-bond donors (Lipinski definition) is 0. The Morgan fingerprint density at radius 3 is 2.76 bits per heavy atom. The van der Waals surface area contributed by atoms with E-state index in [4.69, 9.17) is 9.72 Å². The molecule has 0 N–H and O–H groups in total. The van der Waals surface area contributed by atoms with Crippen molar-refractivity contribution in [3.05, 3.63) is 54.2 Å². The van der Waals surface area contributed by atoms with Gasteiger partial charge < -0.3 is 4.74 Å². The molecule has 0 saturated heterocycles. The first-order chi connectivity index (χ1) is 12.3. The number of benzene rings is 2. The first-order valence-electron chi connectivity index (χ1n) is 8.48. The molecule has 0 unspecified atom stereocenters. The van der Waals surface area contributed by atoms with Gasteiger partial charge in [0.05, 0.1) is 29.2 Å². The molecule has 0 fully saturated rings. The topological polar surface area (TPSA) is 26.5 Å². The number of fused-ring (bicyclic) bond motifs is 3. The van der Waals surface area contributed by atoms with Crippen LogP contribution in [-0.4, -0.2) is 22.7 Å². The van der Waals surface area contributed by atoms with Crippen LogP contribution in [0.15, 0.2) is 48.7 Å². The van der Waals surface area contributed by atoms with Crippen LogP contribution in [0.2, 0.25) is 0 Å². The molecule has 0 atom stereocenters. The summed E-state index contributed by atoms with van der Waals surface area (Å²) in [6.45, 7) is 2.21. The van der Waals surface area contributed by atoms with Crippen LogP contribution in [0.25, 0.3) is 26.4 Å². The fourth-order valence-corrected chi connectivity index (χ4v) is 3.90. The molecule has 0 bridgehead atoms. The van der Waals surface area contributed by atoms with E-state index >= 15 is 0 Å². The number of nitrogens with zero attached hydrogens (tertiary/aromatic N) is 2.